The van der Waals surface area contributed by atoms with Crippen molar-refractivity contribution in [3.63, 3.8) is 0 Å². The van der Waals surface area contributed by atoms with Crippen LogP contribution in [0.25, 0.3) is 0 Å². The summed E-state index contributed by atoms with van der Waals surface area (Å²) in [4.78, 5) is 2.21. The lowest BCUT2D eigenvalue weighted by molar-refractivity contribution is 0.495. The zero-order chi connectivity index (χ0) is 15.3. The molecule has 0 heterocycles. The van der Waals surface area contributed by atoms with E-state index in [2.05, 4.69) is 32.6 Å². The van der Waals surface area contributed by atoms with Crippen molar-refractivity contribution in [1.29, 1.82) is 0 Å². The molecule has 1 atom stereocenters. The highest BCUT2D eigenvalue weighted by atomic mass is 19.1. The summed E-state index contributed by atoms with van der Waals surface area (Å²) in [5.41, 5.74) is 7.37. The van der Waals surface area contributed by atoms with E-state index in [1.165, 1.54) is 0 Å². The molecule has 3 heteroatoms. The molecule has 0 amide bonds. The van der Waals surface area contributed by atoms with E-state index < -0.39 is 0 Å². The maximum absolute atomic E-state index is 14.4. The normalized spacial score (nSPS) is 13.1. The van der Waals surface area contributed by atoms with E-state index in [1.807, 2.05) is 19.1 Å². The van der Waals surface area contributed by atoms with Crippen LogP contribution in [0.4, 0.5) is 10.1 Å². The number of nitrogens with two attached hydrogens (primary N) is 1. The van der Waals surface area contributed by atoms with Crippen molar-refractivity contribution < 1.29 is 4.39 Å². The van der Waals surface area contributed by atoms with Crippen LogP contribution in [-0.2, 0) is 0 Å². The monoisotopic (exact) mass is 280 g/mol. The SMILES string of the molecule is CCC(CC)N(CC(C)C)c1ccc([C@H](C)N)cc1F. The molecule has 1 aromatic carbocycles. The summed E-state index contributed by atoms with van der Waals surface area (Å²) in [6.45, 7) is 11.4. The van der Waals surface area contributed by atoms with E-state index in [1.54, 1.807) is 6.07 Å². The second kappa shape index (κ2) is 7.63. The first-order chi connectivity index (χ1) is 9.40. The fourth-order valence-electron chi connectivity index (χ4n) is 2.61. The Morgan fingerprint density at radius 3 is 2.15 bits per heavy atom. The molecule has 0 bridgehead atoms. The van der Waals surface area contributed by atoms with Gasteiger partial charge in [-0.3, -0.25) is 0 Å². The number of anilines is 1. The standard InChI is InChI=1S/C17H29FN2/c1-6-15(7-2)20(11-12(3)4)17-9-8-14(13(5)19)10-16(17)18/h8-10,12-13,15H,6-7,11,19H2,1-5H3/t13-/m0/s1. The molecule has 20 heavy (non-hydrogen) atoms. The van der Waals surface area contributed by atoms with Crippen molar-refractivity contribution in [3.8, 4) is 0 Å². The van der Waals surface area contributed by atoms with Gasteiger partial charge in [0.1, 0.15) is 5.82 Å². The zero-order valence-corrected chi connectivity index (χ0v) is 13.5. The van der Waals surface area contributed by atoms with E-state index in [-0.39, 0.29) is 11.9 Å². The quantitative estimate of drug-likeness (QED) is 0.797. The van der Waals surface area contributed by atoms with Crippen LogP contribution in [0.15, 0.2) is 18.2 Å². The van der Waals surface area contributed by atoms with Gasteiger partial charge in [-0.1, -0.05) is 33.8 Å². The summed E-state index contributed by atoms with van der Waals surface area (Å²) in [5, 5.41) is 0. The molecule has 1 rings (SSSR count). The molecule has 0 saturated heterocycles. The van der Waals surface area contributed by atoms with Gasteiger partial charge < -0.3 is 10.6 Å². The Hall–Kier alpha value is -1.09. The summed E-state index contributed by atoms with van der Waals surface area (Å²) in [6.07, 6.45) is 2.05. The molecule has 0 fully saturated rings. The highest BCUT2D eigenvalue weighted by molar-refractivity contribution is 5.50. The third-order valence-electron chi connectivity index (χ3n) is 3.75. The summed E-state index contributed by atoms with van der Waals surface area (Å²) < 4.78 is 14.4. The van der Waals surface area contributed by atoms with Gasteiger partial charge in [-0.2, -0.15) is 0 Å². The van der Waals surface area contributed by atoms with Gasteiger partial charge in [0.2, 0.25) is 0 Å². The smallest absolute Gasteiger partial charge is 0.146 e. The molecule has 0 saturated carbocycles. The van der Waals surface area contributed by atoms with Crippen molar-refractivity contribution in [3.05, 3.63) is 29.6 Å². The van der Waals surface area contributed by atoms with Crippen LogP contribution in [0, 0.1) is 11.7 Å². The Balaban J connectivity index is 3.13. The van der Waals surface area contributed by atoms with Gasteiger partial charge in [-0.05, 0) is 43.4 Å². The fourth-order valence-corrected chi connectivity index (χ4v) is 2.61. The highest BCUT2D eigenvalue weighted by Gasteiger charge is 2.20. The Bertz CT molecular complexity index is 411. The molecule has 2 nitrogen and oxygen atoms in total. The van der Waals surface area contributed by atoms with Crippen molar-refractivity contribution in [2.24, 2.45) is 11.7 Å². The molecule has 2 N–H and O–H groups in total. The molecule has 0 radical (unpaired) electrons. The molecular weight excluding hydrogens is 251 g/mol. The summed E-state index contributed by atoms with van der Waals surface area (Å²) in [6, 6.07) is 5.65. The lowest BCUT2D eigenvalue weighted by Gasteiger charge is -2.34. The fraction of sp³-hybridized carbons (Fsp3) is 0.647. The average molecular weight is 280 g/mol. The molecule has 0 spiro atoms. The third-order valence-corrected chi connectivity index (χ3v) is 3.75. The Labute approximate surface area is 123 Å². The molecule has 0 aliphatic carbocycles. The van der Waals surface area contributed by atoms with E-state index in [9.17, 15) is 4.39 Å². The van der Waals surface area contributed by atoms with Crippen LogP contribution in [0.2, 0.25) is 0 Å². The van der Waals surface area contributed by atoms with Crippen molar-refractivity contribution >= 4 is 5.69 Å². The van der Waals surface area contributed by atoms with Crippen molar-refractivity contribution in [1.82, 2.24) is 0 Å². The van der Waals surface area contributed by atoms with Gasteiger partial charge >= 0.3 is 0 Å². The molecule has 0 aliphatic heterocycles. The van der Waals surface area contributed by atoms with Gasteiger partial charge in [0.25, 0.3) is 0 Å². The van der Waals surface area contributed by atoms with Gasteiger partial charge in [-0.25, -0.2) is 4.39 Å². The first-order valence-electron chi connectivity index (χ1n) is 7.72. The predicted octanol–water partition coefficient (Wildman–Crippen LogP) is 4.50. The first-order valence-corrected chi connectivity index (χ1v) is 7.72. The summed E-state index contributed by atoms with van der Waals surface area (Å²) >= 11 is 0. The topological polar surface area (TPSA) is 29.3 Å². The van der Waals surface area contributed by atoms with E-state index in [0.717, 1.165) is 24.9 Å². The lowest BCUT2D eigenvalue weighted by atomic mass is 10.0. The van der Waals surface area contributed by atoms with Crippen LogP contribution in [-0.4, -0.2) is 12.6 Å². The average Bonchev–Trinajstić information content (AvgIpc) is 2.38. The maximum Gasteiger partial charge on any atom is 0.146 e. The van der Waals surface area contributed by atoms with Gasteiger partial charge in [0, 0.05) is 18.6 Å². The van der Waals surface area contributed by atoms with Gasteiger partial charge in [0.05, 0.1) is 5.69 Å². The van der Waals surface area contributed by atoms with E-state index in [0.29, 0.717) is 17.6 Å². The largest absolute Gasteiger partial charge is 0.366 e. The summed E-state index contributed by atoms with van der Waals surface area (Å²) in [7, 11) is 0. The van der Waals surface area contributed by atoms with Crippen LogP contribution in [0.3, 0.4) is 0 Å². The number of benzene rings is 1. The lowest BCUT2D eigenvalue weighted by Crippen LogP contribution is -2.38. The van der Waals surface area contributed by atoms with Crippen molar-refractivity contribution in [2.45, 2.75) is 59.5 Å². The highest BCUT2D eigenvalue weighted by Crippen LogP contribution is 2.27. The van der Waals surface area contributed by atoms with E-state index >= 15 is 0 Å². The van der Waals surface area contributed by atoms with Gasteiger partial charge in [0.15, 0.2) is 0 Å². The van der Waals surface area contributed by atoms with Gasteiger partial charge in [-0.15, -0.1) is 0 Å². The predicted molar refractivity (Wildman–Crippen MR) is 85.6 cm³/mol. The summed E-state index contributed by atoms with van der Waals surface area (Å²) in [5.74, 6) is 0.343. The Morgan fingerprint density at radius 2 is 1.75 bits per heavy atom. The van der Waals surface area contributed by atoms with Crippen LogP contribution in [0.1, 0.15) is 59.1 Å². The number of rotatable bonds is 7. The Kier molecular flexibility index (Phi) is 6.47. The van der Waals surface area contributed by atoms with E-state index in [4.69, 9.17) is 5.73 Å². The maximum atomic E-state index is 14.4. The number of hydrogen-bond acceptors (Lipinski definition) is 2. The first kappa shape index (κ1) is 17.0. The molecule has 0 aromatic heterocycles. The molecule has 1 aromatic rings. The molecule has 0 aliphatic rings. The van der Waals surface area contributed by atoms with Crippen LogP contribution >= 0.6 is 0 Å². The van der Waals surface area contributed by atoms with Crippen LogP contribution in [0.5, 0.6) is 0 Å². The third kappa shape index (κ3) is 4.20. The number of hydrogen-bond donors (Lipinski definition) is 1. The molecular formula is C17H29FN2. The minimum absolute atomic E-state index is 0.134. The molecule has 114 valence electrons. The van der Waals surface area contributed by atoms with Crippen molar-refractivity contribution in [2.75, 3.05) is 11.4 Å². The minimum Gasteiger partial charge on any atom is -0.366 e. The second-order valence-corrected chi connectivity index (χ2v) is 6.02. The number of nitrogens with zero attached hydrogens (tertiary/aromatic N) is 1. The minimum atomic E-state index is -0.160. The molecule has 0 unspecified atom stereocenters. The zero-order valence-electron chi connectivity index (χ0n) is 13.5. The van der Waals surface area contributed by atoms with Crippen LogP contribution < -0.4 is 10.6 Å². The number of halogens is 1. The second-order valence-electron chi connectivity index (χ2n) is 6.02. The Morgan fingerprint density at radius 1 is 1.15 bits per heavy atom.